The molecule has 5 nitrogen and oxygen atoms in total. The van der Waals surface area contributed by atoms with Crippen molar-refractivity contribution in [2.75, 3.05) is 13.2 Å². The summed E-state index contributed by atoms with van der Waals surface area (Å²) in [6, 6.07) is 14.9. The van der Waals surface area contributed by atoms with Crippen LogP contribution in [0.2, 0.25) is 0 Å². The molecule has 0 bridgehead atoms. The molecule has 3 atom stereocenters. The Labute approximate surface area is 185 Å². The van der Waals surface area contributed by atoms with Gasteiger partial charge in [-0.25, -0.2) is 0 Å². The van der Waals surface area contributed by atoms with Crippen LogP contribution in [0.25, 0.3) is 0 Å². The first kappa shape index (κ1) is 23.5. The molecule has 2 aromatic carbocycles. The molecule has 2 aromatic rings. The molecule has 1 aliphatic heterocycles. The van der Waals surface area contributed by atoms with E-state index in [-0.39, 0.29) is 24.7 Å². The average Bonchev–Trinajstić information content (AvgIpc) is 2.76. The van der Waals surface area contributed by atoms with E-state index in [4.69, 9.17) is 9.57 Å². The molecule has 1 heterocycles. The van der Waals surface area contributed by atoms with Crippen LogP contribution in [-0.4, -0.2) is 41.3 Å². The van der Waals surface area contributed by atoms with Crippen molar-refractivity contribution in [1.29, 1.82) is 0 Å². The highest BCUT2D eigenvalue weighted by Crippen LogP contribution is 2.32. The fourth-order valence-corrected chi connectivity index (χ4v) is 4.04. The Kier molecular flexibility index (Phi) is 8.24. The van der Waals surface area contributed by atoms with E-state index >= 15 is 0 Å². The average molecular weight is 426 g/mol. The zero-order chi connectivity index (χ0) is 22.4. The van der Waals surface area contributed by atoms with Crippen molar-refractivity contribution in [2.24, 2.45) is 11.1 Å². The maximum atomic E-state index is 10.2. The van der Waals surface area contributed by atoms with Gasteiger partial charge in [0.2, 0.25) is 0 Å². The van der Waals surface area contributed by atoms with Gasteiger partial charge in [0.1, 0.15) is 6.61 Å². The van der Waals surface area contributed by atoms with Crippen molar-refractivity contribution < 1.29 is 19.8 Å². The van der Waals surface area contributed by atoms with Gasteiger partial charge in [0, 0.05) is 12.8 Å². The van der Waals surface area contributed by atoms with Gasteiger partial charge in [0.05, 0.1) is 30.6 Å². The fourth-order valence-electron chi connectivity index (χ4n) is 4.04. The fraction of sp³-hybridized carbons (Fsp3) is 0.500. The zero-order valence-corrected chi connectivity index (χ0v) is 19.0. The molecule has 0 aromatic heterocycles. The second-order valence-corrected chi connectivity index (χ2v) is 8.66. The molecule has 0 spiro atoms. The third kappa shape index (κ3) is 6.16. The molecule has 2 N–H and O–H groups in total. The minimum atomic E-state index is -0.443. The van der Waals surface area contributed by atoms with Gasteiger partial charge >= 0.3 is 0 Å². The molecule has 0 radical (unpaired) electrons. The molecular formula is C26H35NO4. The van der Waals surface area contributed by atoms with Gasteiger partial charge in [0.25, 0.3) is 0 Å². The summed E-state index contributed by atoms with van der Waals surface area (Å²) in [5.41, 5.74) is 6.78. The zero-order valence-electron chi connectivity index (χ0n) is 19.0. The Morgan fingerprint density at radius 3 is 2.55 bits per heavy atom. The number of aliphatic hydroxyl groups excluding tert-OH is 2. The molecule has 168 valence electrons. The van der Waals surface area contributed by atoms with Gasteiger partial charge < -0.3 is 19.8 Å². The second-order valence-electron chi connectivity index (χ2n) is 8.66. The highest BCUT2D eigenvalue weighted by atomic mass is 16.6. The van der Waals surface area contributed by atoms with Crippen molar-refractivity contribution in [3.8, 4) is 0 Å². The molecule has 0 aliphatic carbocycles. The van der Waals surface area contributed by atoms with Crippen molar-refractivity contribution in [3.63, 3.8) is 0 Å². The monoisotopic (exact) mass is 425 g/mol. The van der Waals surface area contributed by atoms with Crippen molar-refractivity contribution in [3.05, 3.63) is 70.3 Å². The Balaban J connectivity index is 1.77. The first-order valence-corrected chi connectivity index (χ1v) is 11.2. The molecule has 1 aliphatic rings. The number of aliphatic hydroxyl groups is 2. The summed E-state index contributed by atoms with van der Waals surface area (Å²) in [4.78, 5) is 5.29. The Hall–Kier alpha value is -2.21. The second kappa shape index (κ2) is 10.9. The SMILES string of the molecule is CCO/N=C(/c1ccc(Cc2cc(C3CC(O)CC(CO)O3)ccc2C)cc1)C(C)C. The van der Waals surface area contributed by atoms with Crippen LogP contribution in [0.1, 0.15) is 67.5 Å². The lowest BCUT2D eigenvalue weighted by molar-refractivity contribution is -0.113. The molecule has 3 rings (SSSR count). The van der Waals surface area contributed by atoms with Crippen LogP contribution >= 0.6 is 0 Å². The third-order valence-electron chi connectivity index (χ3n) is 5.81. The van der Waals surface area contributed by atoms with Gasteiger partial charge in [-0.3, -0.25) is 0 Å². The lowest BCUT2D eigenvalue weighted by Crippen LogP contribution is -2.33. The van der Waals surface area contributed by atoms with E-state index in [1.165, 1.54) is 16.7 Å². The maximum absolute atomic E-state index is 10.2. The van der Waals surface area contributed by atoms with E-state index < -0.39 is 6.10 Å². The Morgan fingerprint density at radius 1 is 1.16 bits per heavy atom. The van der Waals surface area contributed by atoms with Crippen molar-refractivity contribution >= 4 is 5.71 Å². The van der Waals surface area contributed by atoms with Crippen LogP contribution in [0.3, 0.4) is 0 Å². The number of rotatable bonds is 8. The molecular weight excluding hydrogens is 390 g/mol. The molecule has 3 unspecified atom stereocenters. The Bertz CT molecular complexity index is 875. The van der Waals surface area contributed by atoms with Crippen LogP contribution in [0.5, 0.6) is 0 Å². The van der Waals surface area contributed by atoms with Gasteiger partial charge in [-0.1, -0.05) is 61.5 Å². The minimum absolute atomic E-state index is 0.0659. The van der Waals surface area contributed by atoms with E-state index in [1.54, 1.807) is 0 Å². The highest BCUT2D eigenvalue weighted by molar-refractivity contribution is 6.01. The number of oxime groups is 1. The summed E-state index contributed by atoms with van der Waals surface area (Å²) in [6.45, 7) is 8.78. The van der Waals surface area contributed by atoms with Crippen LogP contribution in [0.15, 0.2) is 47.6 Å². The molecule has 1 saturated heterocycles. The molecule has 0 saturated carbocycles. The molecule has 5 heteroatoms. The summed E-state index contributed by atoms with van der Waals surface area (Å²) in [6.07, 6.45) is 0.929. The number of nitrogens with zero attached hydrogens (tertiary/aromatic N) is 1. The predicted octanol–water partition coefficient (Wildman–Crippen LogP) is 4.56. The number of aryl methyl sites for hydroxylation is 1. The van der Waals surface area contributed by atoms with E-state index in [1.807, 2.05) is 6.92 Å². The summed E-state index contributed by atoms with van der Waals surface area (Å²) < 4.78 is 6.00. The van der Waals surface area contributed by atoms with Crippen molar-refractivity contribution in [2.45, 2.75) is 65.3 Å². The molecule has 1 fully saturated rings. The summed E-state index contributed by atoms with van der Waals surface area (Å²) in [5, 5.41) is 23.9. The van der Waals surface area contributed by atoms with Crippen LogP contribution < -0.4 is 0 Å². The quantitative estimate of drug-likeness (QED) is 0.481. The first-order valence-electron chi connectivity index (χ1n) is 11.2. The third-order valence-corrected chi connectivity index (χ3v) is 5.81. The summed E-state index contributed by atoms with van der Waals surface area (Å²) in [5.74, 6) is 0.282. The van der Waals surface area contributed by atoms with E-state index in [0.717, 1.165) is 23.3 Å². The smallest absolute Gasteiger partial charge is 0.114 e. The minimum Gasteiger partial charge on any atom is -0.396 e. The normalized spacial score (nSPS) is 22.0. The van der Waals surface area contributed by atoms with E-state index in [9.17, 15) is 10.2 Å². The van der Waals surface area contributed by atoms with Gasteiger partial charge in [-0.2, -0.15) is 0 Å². The molecule has 0 amide bonds. The van der Waals surface area contributed by atoms with Gasteiger partial charge in [-0.15, -0.1) is 0 Å². The lowest BCUT2D eigenvalue weighted by Gasteiger charge is -2.32. The predicted molar refractivity (Wildman–Crippen MR) is 123 cm³/mol. The standard InChI is InChI=1S/C26H35NO4/c1-5-30-27-26(17(2)3)20-10-7-19(8-11-20)12-22-13-21(9-6-18(22)4)25-15-23(29)14-24(16-28)31-25/h6-11,13,17,23-25,28-29H,5,12,14-16H2,1-4H3/b27-26+. The Morgan fingerprint density at radius 2 is 1.90 bits per heavy atom. The maximum Gasteiger partial charge on any atom is 0.114 e. The van der Waals surface area contributed by atoms with E-state index in [0.29, 0.717) is 19.4 Å². The number of benzene rings is 2. The lowest BCUT2D eigenvalue weighted by atomic mass is 9.91. The van der Waals surface area contributed by atoms with Crippen LogP contribution in [-0.2, 0) is 16.0 Å². The molecule has 31 heavy (non-hydrogen) atoms. The van der Waals surface area contributed by atoms with Crippen LogP contribution in [0, 0.1) is 12.8 Å². The summed E-state index contributed by atoms with van der Waals surface area (Å²) in [7, 11) is 0. The van der Waals surface area contributed by atoms with Crippen molar-refractivity contribution in [1.82, 2.24) is 0 Å². The number of ether oxygens (including phenoxy) is 1. The first-order chi connectivity index (χ1) is 14.9. The van der Waals surface area contributed by atoms with Gasteiger partial charge in [0.15, 0.2) is 0 Å². The highest BCUT2D eigenvalue weighted by Gasteiger charge is 2.29. The van der Waals surface area contributed by atoms with E-state index in [2.05, 4.69) is 68.4 Å². The topological polar surface area (TPSA) is 71.3 Å². The van der Waals surface area contributed by atoms with Gasteiger partial charge in [-0.05, 0) is 54.0 Å². The number of hydrogen-bond donors (Lipinski definition) is 2. The van der Waals surface area contributed by atoms with Crippen LogP contribution in [0.4, 0.5) is 0 Å². The largest absolute Gasteiger partial charge is 0.396 e. The summed E-state index contributed by atoms with van der Waals surface area (Å²) >= 11 is 0. The number of hydrogen-bond acceptors (Lipinski definition) is 5.